The average molecular weight is 169 g/mol. The number of benzene rings is 1. The lowest BCUT2D eigenvalue weighted by Crippen LogP contribution is -1.80. The van der Waals surface area contributed by atoms with Gasteiger partial charge in [-0.3, -0.25) is 0 Å². The minimum Gasteiger partial charge on any atom is -0.497 e. The van der Waals surface area contributed by atoms with E-state index in [9.17, 15) is 4.91 Å². The molecule has 4 heteroatoms. The van der Waals surface area contributed by atoms with Crippen LogP contribution < -0.4 is 4.74 Å². The number of methoxy groups -OCH3 is 1. The predicted octanol–water partition coefficient (Wildman–Crippen LogP) is 2.47. The summed E-state index contributed by atoms with van der Waals surface area (Å²) in [5.74, 6) is 0.778. The Bertz CT molecular complexity index is 235. The van der Waals surface area contributed by atoms with Crippen LogP contribution in [-0.4, -0.2) is 7.11 Å². The first-order chi connectivity index (χ1) is 5.36. The lowest BCUT2D eigenvalue weighted by Gasteiger charge is -1.97. The third-order valence-electron chi connectivity index (χ3n) is 1.20. The van der Waals surface area contributed by atoms with Crippen LogP contribution in [0.5, 0.6) is 5.75 Å². The molecular weight excluding hydrogens is 162 g/mol. The van der Waals surface area contributed by atoms with Gasteiger partial charge >= 0.3 is 0 Å². The van der Waals surface area contributed by atoms with Crippen molar-refractivity contribution < 1.29 is 4.74 Å². The molecule has 0 N–H and O–H groups in total. The highest BCUT2D eigenvalue weighted by Crippen LogP contribution is 2.21. The maximum absolute atomic E-state index is 9.81. The first-order valence-corrected chi connectivity index (χ1v) is 3.78. The van der Waals surface area contributed by atoms with Gasteiger partial charge in [0.1, 0.15) is 5.75 Å². The molecule has 0 saturated heterocycles. The summed E-state index contributed by atoms with van der Waals surface area (Å²) in [5.41, 5.74) is 0. The molecule has 0 spiro atoms. The van der Waals surface area contributed by atoms with Crippen LogP contribution in [0.3, 0.4) is 0 Å². The van der Waals surface area contributed by atoms with Gasteiger partial charge in [-0.2, -0.15) is 0 Å². The topological polar surface area (TPSA) is 38.7 Å². The fourth-order valence-electron chi connectivity index (χ4n) is 0.680. The van der Waals surface area contributed by atoms with Crippen LogP contribution in [0.25, 0.3) is 0 Å². The monoisotopic (exact) mass is 169 g/mol. The molecule has 0 bridgehead atoms. The van der Waals surface area contributed by atoms with E-state index >= 15 is 0 Å². The Balaban J connectivity index is 2.74. The van der Waals surface area contributed by atoms with E-state index in [1.54, 1.807) is 31.4 Å². The van der Waals surface area contributed by atoms with Crippen molar-refractivity contribution in [2.75, 3.05) is 7.11 Å². The Morgan fingerprint density at radius 3 is 2.45 bits per heavy atom. The molecule has 1 rings (SSSR count). The molecule has 0 aromatic heterocycles. The molecule has 1 aromatic rings. The summed E-state index contributed by atoms with van der Waals surface area (Å²) in [6, 6.07) is 7.14. The lowest BCUT2D eigenvalue weighted by molar-refractivity contribution is 0.414. The van der Waals surface area contributed by atoms with Gasteiger partial charge in [0.2, 0.25) is 0 Å². The van der Waals surface area contributed by atoms with Crippen molar-refractivity contribution in [3.05, 3.63) is 29.2 Å². The maximum atomic E-state index is 9.81. The van der Waals surface area contributed by atoms with Crippen molar-refractivity contribution in [2.45, 2.75) is 4.90 Å². The standard InChI is InChI=1S/C7H7NO2S/c1-10-6-2-4-7(5-3-6)11-8-9/h2-5H,1H3. The van der Waals surface area contributed by atoms with Gasteiger partial charge in [-0.15, -0.1) is 4.91 Å². The molecule has 58 valence electrons. The van der Waals surface area contributed by atoms with Gasteiger partial charge in [-0.05, 0) is 24.3 Å². The molecule has 0 saturated carbocycles. The number of hydrogen-bond donors (Lipinski definition) is 0. The van der Waals surface area contributed by atoms with Crippen molar-refractivity contribution in [2.24, 2.45) is 4.58 Å². The van der Waals surface area contributed by atoms with E-state index in [-0.39, 0.29) is 0 Å². The summed E-state index contributed by atoms with van der Waals surface area (Å²) in [6.45, 7) is 0. The number of ether oxygens (including phenoxy) is 1. The summed E-state index contributed by atoms with van der Waals surface area (Å²) in [4.78, 5) is 10.6. The van der Waals surface area contributed by atoms with E-state index < -0.39 is 0 Å². The molecule has 0 aliphatic rings. The normalized spacial score (nSPS) is 9.18. The highest BCUT2D eigenvalue weighted by Gasteiger charge is 1.93. The highest BCUT2D eigenvalue weighted by atomic mass is 32.2. The molecule has 0 fully saturated rings. The Morgan fingerprint density at radius 1 is 1.36 bits per heavy atom. The maximum Gasteiger partial charge on any atom is 0.118 e. The van der Waals surface area contributed by atoms with Gasteiger partial charge in [0.05, 0.1) is 19.1 Å². The van der Waals surface area contributed by atoms with Gasteiger partial charge < -0.3 is 4.74 Å². The summed E-state index contributed by atoms with van der Waals surface area (Å²) in [7, 11) is 1.60. The molecule has 0 aliphatic heterocycles. The fourth-order valence-corrected chi connectivity index (χ4v) is 1.02. The lowest BCUT2D eigenvalue weighted by atomic mass is 10.3. The van der Waals surface area contributed by atoms with Gasteiger partial charge in [0.25, 0.3) is 0 Å². The molecule has 3 nitrogen and oxygen atoms in total. The van der Waals surface area contributed by atoms with Gasteiger partial charge in [-0.25, -0.2) is 0 Å². The van der Waals surface area contributed by atoms with Crippen LogP contribution >= 0.6 is 11.9 Å². The summed E-state index contributed by atoms with van der Waals surface area (Å²) in [5, 5.41) is 0. The van der Waals surface area contributed by atoms with Crippen molar-refractivity contribution in [3.8, 4) is 5.75 Å². The largest absolute Gasteiger partial charge is 0.497 e. The van der Waals surface area contributed by atoms with E-state index in [2.05, 4.69) is 4.58 Å². The second-order valence-corrected chi connectivity index (χ2v) is 2.64. The summed E-state index contributed by atoms with van der Waals surface area (Å²) >= 11 is 0.908. The van der Waals surface area contributed by atoms with Gasteiger partial charge in [0, 0.05) is 9.48 Å². The molecule has 0 unspecified atom stereocenters. The third kappa shape index (κ3) is 2.23. The SMILES string of the molecule is COc1ccc(SN=O)cc1. The minimum atomic E-state index is 0.778. The van der Waals surface area contributed by atoms with Crippen LogP contribution in [0.1, 0.15) is 0 Å². The number of rotatable bonds is 3. The van der Waals surface area contributed by atoms with Crippen LogP contribution in [0.2, 0.25) is 0 Å². The zero-order valence-corrected chi connectivity index (χ0v) is 6.80. The Hall–Kier alpha value is -1.03. The van der Waals surface area contributed by atoms with Gasteiger partial charge in [-0.1, -0.05) is 0 Å². The van der Waals surface area contributed by atoms with Crippen molar-refractivity contribution in [1.82, 2.24) is 0 Å². The van der Waals surface area contributed by atoms with Crippen LogP contribution in [0, 0.1) is 4.91 Å². The first kappa shape index (κ1) is 8.07. The smallest absolute Gasteiger partial charge is 0.118 e. The molecule has 11 heavy (non-hydrogen) atoms. The number of nitrogens with zero attached hydrogens (tertiary/aromatic N) is 1. The molecule has 1 aromatic carbocycles. The molecule has 0 amide bonds. The minimum absolute atomic E-state index is 0.778. The van der Waals surface area contributed by atoms with Crippen molar-refractivity contribution in [3.63, 3.8) is 0 Å². The quantitative estimate of drug-likeness (QED) is 0.515. The molecule has 0 atom stereocenters. The first-order valence-electron chi connectivity index (χ1n) is 3.00. The second-order valence-electron chi connectivity index (χ2n) is 1.84. The average Bonchev–Trinajstić information content (AvgIpc) is 2.07. The predicted molar refractivity (Wildman–Crippen MR) is 44.6 cm³/mol. The summed E-state index contributed by atoms with van der Waals surface area (Å²) < 4.78 is 7.62. The zero-order chi connectivity index (χ0) is 8.10. The van der Waals surface area contributed by atoms with Crippen molar-refractivity contribution >= 4 is 11.9 Å². The Morgan fingerprint density at radius 2 is 2.00 bits per heavy atom. The molecule has 0 aliphatic carbocycles. The van der Waals surface area contributed by atoms with Crippen LogP contribution in [0.4, 0.5) is 0 Å². The van der Waals surface area contributed by atoms with E-state index in [4.69, 9.17) is 4.74 Å². The molecular formula is C7H7NO2S. The Labute approximate surface area is 68.9 Å². The van der Waals surface area contributed by atoms with Crippen LogP contribution in [0.15, 0.2) is 33.7 Å². The Kier molecular flexibility index (Phi) is 2.92. The third-order valence-corrected chi connectivity index (χ3v) is 1.76. The highest BCUT2D eigenvalue weighted by molar-refractivity contribution is 7.98. The number of hydrogen-bond acceptors (Lipinski definition) is 4. The van der Waals surface area contributed by atoms with Gasteiger partial charge in [0.15, 0.2) is 0 Å². The number of nitroso groups, excluding NO2 is 1. The second kappa shape index (κ2) is 3.98. The van der Waals surface area contributed by atoms with E-state index in [0.717, 1.165) is 22.6 Å². The zero-order valence-electron chi connectivity index (χ0n) is 5.98. The van der Waals surface area contributed by atoms with E-state index in [1.165, 1.54) is 0 Å². The van der Waals surface area contributed by atoms with E-state index in [1.807, 2.05) is 0 Å². The van der Waals surface area contributed by atoms with Crippen molar-refractivity contribution in [1.29, 1.82) is 0 Å². The van der Waals surface area contributed by atoms with Crippen LogP contribution in [-0.2, 0) is 0 Å². The molecule has 0 radical (unpaired) electrons. The fraction of sp³-hybridized carbons (Fsp3) is 0.143. The molecule has 0 heterocycles. The summed E-state index contributed by atoms with van der Waals surface area (Å²) in [6.07, 6.45) is 0. The van der Waals surface area contributed by atoms with E-state index in [0.29, 0.717) is 0 Å².